The molecule has 0 rings (SSSR count). The maximum absolute atomic E-state index is 11.1. The number of hydrogen-bond acceptors (Lipinski definition) is 4. The zero-order chi connectivity index (χ0) is 11.4. The molecule has 0 aliphatic rings. The molecule has 0 fully saturated rings. The summed E-state index contributed by atoms with van der Waals surface area (Å²) in [6.07, 6.45) is 0. The Balaban J connectivity index is 3.10. The van der Waals surface area contributed by atoms with E-state index in [2.05, 4.69) is 16.0 Å². The molecule has 0 aromatic rings. The van der Waals surface area contributed by atoms with Crippen LogP contribution >= 0.6 is 0 Å². The lowest BCUT2D eigenvalue weighted by molar-refractivity contribution is 0.195. The highest BCUT2D eigenvalue weighted by atomic mass is 16.5. The number of nitrogens with one attached hydrogen (secondary N) is 3. The third-order valence-electron chi connectivity index (χ3n) is 1.66. The van der Waals surface area contributed by atoms with E-state index in [9.17, 15) is 4.79 Å². The van der Waals surface area contributed by atoms with Crippen LogP contribution in [0.15, 0.2) is 0 Å². The second kappa shape index (κ2) is 11.2. The van der Waals surface area contributed by atoms with E-state index in [1.54, 1.807) is 14.2 Å². The first kappa shape index (κ1) is 14.2. The molecule has 0 heterocycles. The van der Waals surface area contributed by atoms with Crippen molar-refractivity contribution in [2.75, 3.05) is 53.6 Å². The highest BCUT2D eigenvalue weighted by molar-refractivity contribution is 5.73. The van der Waals surface area contributed by atoms with E-state index in [1.807, 2.05) is 0 Å². The van der Waals surface area contributed by atoms with Crippen LogP contribution < -0.4 is 16.0 Å². The SMILES string of the molecule is COCCNCCNC(=O)NCCOC. The van der Waals surface area contributed by atoms with E-state index < -0.39 is 0 Å². The highest BCUT2D eigenvalue weighted by Crippen LogP contribution is 1.68. The molecule has 2 amide bonds. The van der Waals surface area contributed by atoms with E-state index in [0.717, 1.165) is 13.1 Å². The van der Waals surface area contributed by atoms with Crippen LogP contribution in [-0.4, -0.2) is 59.6 Å². The summed E-state index contributed by atoms with van der Waals surface area (Å²) in [6, 6.07) is -0.166. The van der Waals surface area contributed by atoms with Gasteiger partial charge in [0.15, 0.2) is 0 Å². The van der Waals surface area contributed by atoms with Crippen molar-refractivity contribution in [1.29, 1.82) is 0 Å². The molecule has 0 radical (unpaired) electrons. The number of rotatable bonds is 9. The van der Waals surface area contributed by atoms with Crippen LogP contribution in [0.3, 0.4) is 0 Å². The molecule has 0 saturated heterocycles. The van der Waals surface area contributed by atoms with E-state index in [4.69, 9.17) is 9.47 Å². The molecule has 0 saturated carbocycles. The van der Waals surface area contributed by atoms with Gasteiger partial charge in [-0.1, -0.05) is 0 Å². The van der Waals surface area contributed by atoms with Gasteiger partial charge in [0.25, 0.3) is 0 Å². The molecule has 0 aliphatic heterocycles. The summed E-state index contributed by atoms with van der Waals surface area (Å²) in [4.78, 5) is 11.1. The summed E-state index contributed by atoms with van der Waals surface area (Å²) in [5, 5.41) is 8.48. The van der Waals surface area contributed by atoms with Gasteiger partial charge in [0.1, 0.15) is 0 Å². The van der Waals surface area contributed by atoms with Crippen molar-refractivity contribution < 1.29 is 14.3 Å². The maximum atomic E-state index is 11.1. The van der Waals surface area contributed by atoms with E-state index in [-0.39, 0.29) is 6.03 Å². The molecule has 6 heteroatoms. The van der Waals surface area contributed by atoms with Crippen molar-refractivity contribution in [3.05, 3.63) is 0 Å². The van der Waals surface area contributed by atoms with Crippen molar-refractivity contribution >= 4 is 6.03 Å². The lowest BCUT2D eigenvalue weighted by Crippen LogP contribution is -2.40. The van der Waals surface area contributed by atoms with Crippen molar-refractivity contribution in [3.8, 4) is 0 Å². The maximum Gasteiger partial charge on any atom is 0.314 e. The standard InChI is InChI=1S/C9H21N3O3/c1-14-7-5-10-3-4-11-9(13)12-6-8-15-2/h10H,3-8H2,1-2H3,(H2,11,12,13). The predicted molar refractivity (Wildman–Crippen MR) is 58.0 cm³/mol. The van der Waals surface area contributed by atoms with Crippen LogP contribution in [0.25, 0.3) is 0 Å². The second-order valence-electron chi connectivity index (χ2n) is 2.92. The van der Waals surface area contributed by atoms with E-state index >= 15 is 0 Å². The Morgan fingerprint density at radius 1 is 0.933 bits per heavy atom. The fourth-order valence-electron chi connectivity index (χ4n) is 0.893. The number of methoxy groups -OCH3 is 2. The molecular weight excluding hydrogens is 198 g/mol. The van der Waals surface area contributed by atoms with Gasteiger partial charge in [0.2, 0.25) is 0 Å². The van der Waals surface area contributed by atoms with Crippen LogP contribution in [0, 0.1) is 0 Å². The number of carbonyl (C=O) groups is 1. The molecule has 3 N–H and O–H groups in total. The third kappa shape index (κ3) is 11.1. The summed E-state index contributed by atoms with van der Waals surface area (Å²) in [5.74, 6) is 0. The smallest absolute Gasteiger partial charge is 0.314 e. The van der Waals surface area contributed by atoms with Crippen LogP contribution in [-0.2, 0) is 9.47 Å². The minimum atomic E-state index is -0.166. The van der Waals surface area contributed by atoms with Gasteiger partial charge < -0.3 is 25.4 Å². The monoisotopic (exact) mass is 219 g/mol. The average molecular weight is 219 g/mol. The summed E-state index contributed by atoms with van der Waals surface area (Å²) in [7, 11) is 3.25. The molecule has 0 aromatic heterocycles. The topological polar surface area (TPSA) is 71.6 Å². The Bertz CT molecular complexity index is 156. The predicted octanol–water partition coefficient (Wildman–Crippen LogP) is -0.832. The van der Waals surface area contributed by atoms with Crippen molar-refractivity contribution in [2.24, 2.45) is 0 Å². The third-order valence-corrected chi connectivity index (χ3v) is 1.66. The molecule has 0 atom stereocenters. The van der Waals surface area contributed by atoms with Gasteiger partial charge in [-0.25, -0.2) is 4.79 Å². The summed E-state index contributed by atoms with van der Waals surface area (Å²) < 4.78 is 9.65. The molecule has 15 heavy (non-hydrogen) atoms. The molecule has 90 valence electrons. The van der Waals surface area contributed by atoms with Gasteiger partial charge in [-0.15, -0.1) is 0 Å². The average Bonchev–Trinajstić information content (AvgIpc) is 2.23. The Hall–Kier alpha value is -0.850. The fourth-order valence-corrected chi connectivity index (χ4v) is 0.893. The van der Waals surface area contributed by atoms with Crippen LogP contribution in [0.2, 0.25) is 0 Å². The molecule has 0 aromatic carbocycles. The summed E-state index contributed by atoms with van der Waals surface area (Å²) in [6.45, 7) is 3.87. The molecule has 6 nitrogen and oxygen atoms in total. The first-order chi connectivity index (χ1) is 7.31. The number of hydrogen-bond donors (Lipinski definition) is 3. The molecule has 0 spiro atoms. The Morgan fingerprint density at radius 2 is 1.53 bits per heavy atom. The van der Waals surface area contributed by atoms with Gasteiger partial charge in [0.05, 0.1) is 13.2 Å². The van der Waals surface area contributed by atoms with Crippen LogP contribution in [0.4, 0.5) is 4.79 Å². The zero-order valence-electron chi connectivity index (χ0n) is 9.47. The first-order valence-electron chi connectivity index (χ1n) is 5.01. The fraction of sp³-hybridized carbons (Fsp3) is 0.889. The second-order valence-corrected chi connectivity index (χ2v) is 2.92. The Morgan fingerprint density at radius 3 is 2.20 bits per heavy atom. The minimum absolute atomic E-state index is 0.166. The Labute approximate surface area is 90.7 Å². The van der Waals surface area contributed by atoms with Crippen molar-refractivity contribution in [3.63, 3.8) is 0 Å². The minimum Gasteiger partial charge on any atom is -0.383 e. The zero-order valence-corrected chi connectivity index (χ0v) is 9.47. The highest BCUT2D eigenvalue weighted by Gasteiger charge is 1.96. The first-order valence-corrected chi connectivity index (χ1v) is 5.01. The van der Waals surface area contributed by atoms with E-state index in [0.29, 0.717) is 26.3 Å². The molecule has 0 bridgehead atoms. The number of ether oxygens (including phenoxy) is 2. The van der Waals surface area contributed by atoms with Gasteiger partial charge in [-0.3, -0.25) is 0 Å². The van der Waals surface area contributed by atoms with Crippen LogP contribution in [0.5, 0.6) is 0 Å². The van der Waals surface area contributed by atoms with Gasteiger partial charge in [-0.05, 0) is 0 Å². The number of amides is 2. The lowest BCUT2D eigenvalue weighted by Gasteiger charge is -2.07. The lowest BCUT2D eigenvalue weighted by atomic mass is 10.5. The van der Waals surface area contributed by atoms with Crippen molar-refractivity contribution in [2.45, 2.75) is 0 Å². The number of urea groups is 1. The molecular formula is C9H21N3O3. The Kier molecular flexibility index (Phi) is 10.6. The molecule has 0 unspecified atom stereocenters. The normalized spacial score (nSPS) is 10.0. The van der Waals surface area contributed by atoms with Gasteiger partial charge in [0, 0.05) is 40.4 Å². The quantitative estimate of drug-likeness (QED) is 0.443. The number of carbonyl (C=O) groups excluding carboxylic acids is 1. The van der Waals surface area contributed by atoms with Crippen LogP contribution in [0.1, 0.15) is 0 Å². The molecule has 0 aliphatic carbocycles. The van der Waals surface area contributed by atoms with E-state index in [1.165, 1.54) is 0 Å². The van der Waals surface area contributed by atoms with Gasteiger partial charge in [-0.2, -0.15) is 0 Å². The van der Waals surface area contributed by atoms with Gasteiger partial charge >= 0.3 is 6.03 Å². The largest absolute Gasteiger partial charge is 0.383 e. The summed E-state index contributed by atoms with van der Waals surface area (Å²) >= 11 is 0. The van der Waals surface area contributed by atoms with Crippen molar-refractivity contribution in [1.82, 2.24) is 16.0 Å². The summed E-state index contributed by atoms with van der Waals surface area (Å²) in [5.41, 5.74) is 0.